The SMILES string of the molecule is CC/C=C/C/C=C/C/C=C/CCCCCC(O)C(=O)NC(COC1OC(CO)C(O)C(O)C1OC(=O)CCCCCCC/C=C\C/C=C\C/C=C\C/C=C\CCCCC)C(O)/C=C/CCCCCCCCCCCCC. The zero-order valence-corrected chi connectivity index (χ0v) is 48.1. The van der Waals surface area contributed by atoms with E-state index in [2.05, 4.69) is 111 Å². The molecule has 0 radical (unpaired) electrons. The van der Waals surface area contributed by atoms with Gasteiger partial charge in [0.15, 0.2) is 12.4 Å². The average Bonchev–Trinajstić information content (AvgIpc) is 3.42. The number of allylic oxidation sites excluding steroid dienone is 15. The summed E-state index contributed by atoms with van der Waals surface area (Å²) in [5, 5.41) is 56.9. The summed E-state index contributed by atoms with van der Waals surface area (Å²) in [4.78, 5) is 26.5. The molecule has 0 aromatic rings. The van der Waals surface area contributed by atoms with Crippen LogP contribution in [0.5, 0.6) is 0 Å². The Kier molecular flexibility index (Phi) is 48.6. The molecule has 76 heavy (non-hydrogen) atoms. The Morgan fingerprint density at radius 1 is 0.526 bits per heavy atom. The van der Waals surface area contributed by atoms with Crippen LogP contribution in [0.4, 0.5) is 0 Å². The molecule has 6 N–H and O–H groups in total. The van der Waals surface area contributed by atoms with Crippen molar-refractivity contribution in [1.82, 2.24) is 5.32 Å². The number of carbonyl (C=O) groups is 2. The standard InChI is InChI=1S/C65H111NO10/c1-4-7-10-13-16-19-22-25-26-27-28-29-30-31-32-35-38-41-44-47-50-53-60(70)76-63-62(72)61(71)59(54-67)75-65(63)74-55-56(57(68)51-48-45-42-39-36-33-23-20-17-14-11-8-5-2)66-64(73)58(69)52-49-46-43-40-37-34-24-21-18-15-12-9-6-3/h9,12,16,18-19,21,25-26,28-29,31-32,34,37,48,51,56-59,61-63,65,67-69,71-72H,4-8,10-11,13-15,17,20,22-24,27,30,33,35-36,38-47,49-50,52-55H2,1-3H3,(H,66,73)/b12-9+,19-16-,21-18+,26-25-,29-28-,32-31-,37-34+,51-48+. The number of amides is 1. The zero-order chi connectivity index (χ0) is 55.4. The lowest BCUT2D eigenvalue weighted by atomic mass is 9.99. The Labute approximate surface area is 463 Å². The van der Waals surface area contributed by atoms with E-state index in [1.54, 1.807) is 6.08 Å². The summed E-state index contributed by atoms with van der Waals surface area (Å²) in [5.41, 5.74) is 0. The van der Waals surface area contributed by atoms with Gasteiger partial charge in [-0.2, -0.15) is 0 Å². The van der Waals surface area contributed by atoms with Gasteiger partial charge in [-0.15, -0.1) is 0 Å². The fourth-order valence-electron chi connectivity index (χ4n) is 8.88. The van der Waals surface area contributed by atoms with Crippen molar-refractivity contribution in [2.75, 3.05) is 13.2 Å². The first-order valence-corrected chi connectivity index (χ1v) is 30.5. The highest BCUT2D eigenvalue weighted by Crippen LogP contribution is 2.26. The third kappa shape index (κ3) is 39.9. The highest BCUT2D eigenvalue weighted by atomic mass is 16.7. The van der Waals surface area contributed by atoms with Gasteiger partial charge in [-0.05, 0) is 103 Å². The van der Waals surface area contributed by atoms with Crippen molar-refractivity contribution < 1.29 is 49.3 Å². The van der Waals surface area contributed by atoms with E-state index in [4.69, 9.17) is 14.2 Å². The minimum atomic E-state index is -1.63. The second kappa shape index (κ2) is 52.3. The van der Waals surface area contributed by atoms with E-state index in [-0.39, 0.29) is 19.4 Å². The molecule has 1 aliphatic heterocycles. The third-order valence-corrected chi connectivity index (χ3v) is 13.7. The van der Waals surface area contributed by atoms with Gasteiger partial charge in [-0.1, -0.05) is 227 Å². The predicted molar refractivity (Wildman–Crippen MR) is 315 cm³/mol. The van der Waals surface area contributed by atoms with Crippen LogP contribution >= 0.6 is 0 Å². The number of ether oxygens (including phenoxy) is 3. The normalized spacial score (nSPS) is 19.8. The molecule has 11 nitrogen and oxygen atoms in total. The summed E-state index contributed by atoms with van der Waals surface area (Å²) in [6.45, 7) is 5.61. The fraction of sp³-hybridized carbons (Fsp3) is 0.723. The summed E-state index contributed by atoms with van der Waals surface area (Å²) < 4.78 is 17.6. The van der Waals surface area contributed by atoms with E-state index in [0.29, 0.717) is 12.8 Å². The van der Waals surface area contributed by atoms with Crippen LogP contribution in [0.15, 0.2) is 97.2 Å². The van der Waals surface area contributed by atoms with Crippen molar-refractivity contribution in [3.05, 3.63) is 97.2 Å². The number of hydrogen-bond acceptors (Lipinski definition) is 10. The fourth-order valence-corrected chi connectivity index (χ4v) is 8.88. The molecule has 8 unspecified atom stereocenters. The van der Waals surface area contributed by atoms with Gasteiger partial charge in [-0.25, -0.2) is 0 Å². The van der Waals surface area contributed by atoms with Crippen LogP contribution in [0.1, 0.15) is 239 Å². The van der Waals surface area contributed by atoms with Crippen molar-refractivity contribution in [3.8, 4) is 0 Å². The number of esters is 1. The average molecular weight is 1070 g/mol. The first-order chi connectivity index (χ1) is 37.2. The first-order valence-electron chi connectivity index (χ1n) is 30.5. The Bertz CT molecular complexity index is 1600. The lowest BCUT2D eigenvalue weighted by molar-refractivity contribution is -0.305. The molecule has 436 valence electrons. The molecular formula is C65H111NO10. The predicted octanol–water partition coefficient (Wildman–Crippen LogP) is 14.3. The van der Waals surface area contributed by atoms with Crippen molar-refractivity contribution in [2.45, 2.75) is 288 Å². The third-order valence-electron chi connectivity index (χ3n) is 13.7. The topological polar surface area (TPSA) is 175 Å². The van der Waals surface area contributed by atoms with Gasteiger partial charge in [0.25, 0.3) is 0 Å². The molecule has 1 rings (SSSR count). The van der Waals surface area contributed by atoms with E-state index >= 15 is 0 Å². The van der Waals surface area contributed by atoms with Crippen LogP contribution in [0.25, 0.3) is 0 Å². The molecule has 1 fully saturated rings. The van der Waals surface area contributed by atoms with Gasteiger partial charge in [0.1, 0.15) is 24.4 Å². The van der Waals surface area contributed by atoms with Crippen molar-refractivity contribution in [2.24, 2.45) is 0 Å². The lowest BCUT2D eigenvalue weighted by Crippen LogP contribution is -2.61. The summed E-state index contributed by atoms with van der Waals surface area (Å²) >= 11 is 0. The highest BCUT2D eigenvalue weighted by molar-refractivity contribution is 5.80. The zero-order valence-electron chi connectivity index (χ0n) is 48.1. The van der Waals surface area contributed by atoms with E-state index < -0.39 is 67.4 Å². The minimum Gasteiger partial charge on any atom is -0.454 e. The maximum atomic E-state index is 13.4. The maximum Gasteiger partial charge on any atom is 0.306 e. The largest absolute Gasteiger partial charge is 0.454 e. The summed E-state index contributed by atoms with van der Waals surface area (Å²) in [6.07, 6.45) is 58.7. The smallest absolute Gasteiger partial charge is 0.306 e. The number of hydrogen-bond donors (Lipinski definition) is 6. The number of rotatable bonds is 50. The van der Waals surface area contributed by atoms with Crippen LogP contribution in [0.3, 0.4) is 0 Å². The molecule has 0 aromatic carbocycles. The number of aliphatic hydroxyl groups excluding tert-OH is 5. The number of aliphatic hydroxyl groups is 5. The van der Waals surface area contributed by atoms with Crippen LogP contribution in [0, 0.1) is 0 Å². The Hall–Kier alpha value is -3.42. The lowest BCUT2D eigenvalue weighted by Gasteiger charge is -2.41. The number of unbranched alkanes of at least 4 members (excludes halogenated alkanes) is 22. The Morgan fingerprint density at radius 2 is 0.947 bits per heavy atom. The van der Waals surface area contributed by atoms with Crippen molar-refractivity contribution in [1.29, 1.82) is 0 Å². The Balaban J connectivity index is 2.71. The van der Waals surface area contributed by atoms with Gasteiger partial charge in [0, 0.05) is 6.42 Å². The van der Waals surface area contributed by atoms with Crippen LogP contribution in [-0.2, 0) is 23.8 Å². The molecule has 11 heteroatoms. The van der Waals surface area contributed by atoms with Gasteiger partial charge in [-0.3, -0.25) is 9.59 Å². The number of carbonyl (C=O) groups excluding carboxylic acids is 2. The van der Waals surface area contributed by atoms with E-state index in [0.717, 1.165) is 116 Å². The molecule has 1 aliphatic rings. The van der Waals surface area contributed by atoms with Gasteiger partial charge in [0.2, 0.25) is 5.91 Å². The maximum absolute atomic E-state index is 13.4. The van der Waals surface area contributed by atoms with Crippen LogP contribution in [0.2, 0.25) is 0 Å². The van der Waals surface area contributed by atoms with Gasteiger partial charge < -0.3 is 45.1 Å². The minimum absolute atomic E-state index is 0.0948. The monoisotopic (exact) mass is 1070 g/mol. The molecule has 1 amide bonds. The molecule has 8 atom stereocenters. The second-order valence-corrected chi connectivity index (χ2v) is 20.7. The van der Waals surface area contributed by atoms with E-state index in [9.17, 15) is 35.1 Å². The molecule has 0 spiro atoms. The molecule has 1 heterocycles. The van der Waals surface area contributed by atoms with Crippen LogP contribution < -0.4 is 5.32 Å². The molecule has 0 aliphatic carbocycles. The Morgan fingerprint density at radius 3 is 1.45 bits per heavy atom. The molecule has 1 saturated heterocycles. The molecular weight excluding hydrogens is 955 g/mol. The quantitative estimate of drug-likeness (QED) is 0.0195. The molecule has 0 bridgehead atoms. The molecule has 0 saturated carbocycles. The van der Waals surface area contributed by atoms with Crippen LogP contribution in [-0.4, -0.2) is 99.6 Å². The summed E-state index contributed by atoms with van der Waals surface area (Å²) in [5.74, 6) is -1.24. The number of nitrogens with one attached hydrogen (secondary N) is 1. The highest BCUT2D eigenvalue weighted by Gasteiger charge is 2.47. The second-order valence-electron chi connectivity index (χ2n) is 20.7. The summed E-state index contributed by atoms with van der Waals surface area (Å²) in [6, 6.07) is -1.04. The van der Waals surface area contributed by atoms with Gasteiger partial charge >= 0.3 is 5.97 Å². The van der Waals surface area contributed by atoms with Crippen molar-refractivity contribution in [3.63, 3.8) is 0 Å². The van der Waals surface area contributed by atoms with E-state index in [1.807, 2.05) is 6.08 Å². The molecule has 0 aromatic heterocycles. The van der Waals surface area contributed by atoms with Crippen molar-refractivity contribution >= 4 is 11.9 Å². The van der Waals surface area contributed by atoms with Gasteiger partial charge in [0.05, 0.1) is 25.4 Å². The first kappa shape index (κ1) is 70.6. The summed E-state index contributed by atoms with van der Waals surface area (Å²) in [7, 11) is 0. The van der Waals surface area contributed by atoms with E-state index in [1.165, 1.54) is 77.0 Å².